The summed E-state index contributed by atoms with van der Waals surface area (Å²) in [6.07, 6.45) is 4.17. The van der Waals surface area contributed by atoms with Crippen LogP contribution in [0.1, 0.15) is 28.4 Å². The number of halogens is 2. The van der Waals surface area contributed by atoms with Crippen LogP contribution in [0.25, 0.3) is 11.8 Å². The molecule has 32 heavy (non-hydrogen) atoms. The van der Waals surface area contributed by atoms with Crippen molar-refractivity contribution in [2.45, 2.75) is 13.0 Å². The maximum Gasteiger partial charge on any atom is 0.163 e. The lowest BCUT2D eigenvalue weighted by Gasteiger charge is -2.39. The van der Waals surface area contributed by atoms with E-state index in [2.05, 4.69) is 47.4 Å². The zero-order valence-corrected chi connectivity index (χ0v) is 18.7. The first-order valence-corrected chi connectivity index (χ1v) is 11.1. The largest absolute Gasteiger partial charge is 0.314 e. The summed E-state index contributed by atoms with van der Waals surface area (Å²) >= 11 is 12.9. The van der Waals surface area contributed by atoms with Gasteiger partial charge in [-0.1, -0.05) is 59.6 Å². The number of hydrogen-bond acceptors (Lipinski definition) is 3. The monoisotopic (exact) mass is 456 g/mol. The minimum absolute atomic E-state index is 0.154. The minimum Gasteiger partial charge on any atom is -0.314 e. The van der Waals surface area contributed by atoms with E-state index in [0.717, 1.165) is 50.4 Å². The van der Waals surface area contributed by atoms with E-state index in [4.69, 9.17) is 33.3 Å². The summed E-state index contributed by atoms with van der Waals surface area (Å²) in [6, 6.07) is 23.8. The Balaban J connectivity index is 1.65. The van der Waals surface area contributed by atoms with Crippen LogP contribution >= 0.6 is 23.2 Å². The Morgan fingerprint density at radius 2 is 1.59 bits per heavy atom. The Hall–Kier alpha value is -3.34. The Morgan fingerprint density at radius 3 is 2.41 bits per heavy atom. The summed E-state index contributed by atoms with van der Waals surface area (Å²) < 4.78 is 1.89. The van der Waals surface area contributed by atoms with E-state index in [9.17, 15) is 0 Å². The first-order valence-electron chi connectivity index (χ1n) is 10.4. The number of anilines is 1. The van der Waals surface area contributed by atoms with Crippen LogP contribution in [0, 0.1) is 6.92 Å². The van der Waals surface area contributed by atoms with E-state index in [1.807, 2.05) is 54.1 Å². The van der Waals surface area contributed by atoms with Gasteiger partial charge in [-0.2, -0.15) is 5.10 Å². The van der Waals surface area contributed by atoms with Gasteiger partial charge in [0.05, 0.1) is 23.1 Å². The number of fused-ring (bicyclic) bond motifs is 4. The molecule has 1 aromatic heterocycles. The van der Waals surface area contributed by atoms with Crippen molar-refractivity contribution >= 4 is 46.6 Å². The van der Waals surface area contributed by atoms with Gasteiger partial charge in [0, 0.05) is 15.6 Å². The molecule has 0 spiro atoms. The lowest BCUT2D eigenvalue weighted by atomic mass is 9.92. The Bertz CT molecular complexity index is 1420. The van der Waals surface area contributed by atoms with E-state index in [0.29, 0.717) is 5.02 Å². The molecule has 6 heteroatoms. The maximum absolute atomic E-state index is 6.75. The molecule has 0 radical (unpaired) electrons. The highest BCUT2D eigenvalue weighted by molar-refractivity contribution is 6.31. The summed E-state index contributed by atoms with van der Waals surface area (Å²) in [5, 5.41) is 6.29. The highest BCUT2D eigenvalue weighted by atomic mass is 35.5. The van der Waals surface area contributed by atoms with Crippen molar-refractivity contribution in [2.24, 2.45) is 4.99 Å². The molecule has 4 nitrogen and oxygen atoms in total. The molecule has 4 aromatic rings. The topological polar surface area (TPSA) is 33.4 Å². The van der Waals surface area contributed by atoms with E-state index in [-0.39, 0.29) is 6.04 Å². The van der Waals surface area contributed by atoms with E-state index in [1.165, 1.54) is 0 Å². The second kappa shape index (κ2) is 7.37. The molecule has 0 unspecified atom stereocenters. The fraction of sp³-hybridized carbons (Fsp3) is 0.0769. The highest BCUT2D eigenvalue weighted by Crippen LogP contribution is 2.47. The molecular weight excluding hydrogens is 439 g/mol. The van der Waals surface area contributed by atoms with Crippen LogP contribution in [0.3, 0.4) is 0 Å². The third-order valence-corrected chi connectivity index (χ3v) is 6.56. The van der Waals surface area contributed by atoms with E-state index in [1.54, 1.807) is 0 Å². The van der Waals surface area contributed by atoms with Gasteiger partial charge >= 0.3 is 0 Å². The van der Waals surface area contributed by atoms with E-state index >= 15 is 0 Å². The van der Waals surface area contributed by atoms with Crippen LogP contribution in [0.4, 0.5) is 11.5 Å². The lowest BCUT2D eigenvalue weighted by Crippen LogP contribution is -2.39. The molecule has 0 N–H and O–H groups in total. The van der Waals surface area contributed by atoms with Crippen molar-refractivity contribution < 1.29 is 0 Å². The summed E-state index contributed by atoms with van der Waals surface area (Å²) in [5.41, 5.74) is 6.13. The number of aromatic nitrogens is 2. The van der Waals surface area contributed by atoms with Crippen molar-refractivity contribution in [3.8, 4) is 5.69 Å². The number of aryl methyl sites for hydroxylation is 1. The smallest absolute Gasteiger partial charge is 0.163 e. The standard InChI is InChI=1S/C26H18Cl2N4/c1-16-24-25(20-7-3-4-8-21(20)28)31-22-9-5-2-6-17(22)10-15-23(31)29-26(24)32(30-16)19-13-11-18(27)12-14-19/h2-15,25H,1H3/t25-/m1/s1. The summed E-state index contributed by atoms with van der Waals surface area (Å²) in [6.45, 7) is 2.03. The van der Waals surface area contributed by atoms with Gasteiger partial charge < -0.3 is 4.90 Å². The number of amidine groups is 1. The second-order valence-electron chi connectivity index (χ2n) is 7.87. The van der Waals surface area contributed by atoms with Gasteiger partial charge in [0.25, 0.3) is 0 Å². The van der Waals surface area contributed by atoms with Crippen LogP contribution in [0.2, 0.25) is 10.0 Å². The Labute approximate surface area is 196 Å². The normalized spacial score (nSPS) is 16.3. The van der Waals surface area contributed by atoms with Crippen LogP contribution in [-0.2, 0) is 0 Å². The summed E-state index contributed by atoms with van der Waals surface area (Å²) in [5.74, 6) is 1.67. The van der Waals surface area contributed by atoms with Gasteiger partial charge in [0.15, 0.2) is 5.82 Å². The second-order valence-corrected chi connectivity index (χ2v) is 8.71. The van der Waals surface area contributed by atoms with Crippen molar-refractivity contribution in [2.75, 3.05) is 4.90 Å². The fourth-order valence-electron chi connectivity index (χ4n) is 4.52. The molecular formula is C26H18Cl2N4. The number of hydrogen-bond donors (Lipinski definition) is 0. The molecule has 0 aliphatic carbocycles. The highest BCUT2D eigenvalue weighted by Gasteiger charge is 2.38. The first-order chi connectivity index (χ1) is 15.6. The van der Waals surface area contributed by atoms with Crippen molar-refractivity contribution in [3.05, 3.63) is 111 Å². The number of benzene rings is 3. The number of nitrogens with zero attached hydrogens (tertiary/aromatic N) is 4. The zero-order valence-electron chi connectivity index (χ0n) is 17.2. The molecule has 0 bridgehead atoms. The van der Waals surface area contributed by atoms with Crippen molar-refractivity contribution in [1.29, 1.82) is 0 Å². The molecule has 2 aliphatic heterocycles. The molecule has 2 aliphatic rings. The molecule has 1 atom stereocenters. The van der Waals surface area contributed by atoms with E-state index < -0.39 is 0 Å². The molecule has 0 amide bonds. The number of para-hydroxylation sites is 1. The van der Waals surface area contributed by atoms with Crippen LogP contribution in [-0.4, -0.2) is 15.6 Å². The first kappa shape index (κ1) is 19.4. The van der Waals surface area contributed by atoms with Gasteiger partial charge in [0.2, 0.25) is 0 Å². The van der Waals surface area contributed by atoms with Crippen LogP contribution < -0.4 is 4.90 Å². The van der Waals surface area contributed by atoms with Gasteiger partial charge in [0.1, 0.15) is 5.84 Å². The third-order valence-electron chi connectivity index (χ3n) is 5.96. The average Bonchev–Trinajstić information content (AvgIpc) is 3.14. The average molecular weight is 457 g/mol. The summed E-state index contributed by atoms with van der Waals surface area (Å²) in [7, 11) is 0. The molecule has 6 rings (SSSR count). The molecule has 3 aromatic carbocycles. The number of aliphatic imine (C=N–C) groups is 1. The van der Waals surface area contributed by atoms with Crippen LogP contribution in [0.5, 0.6) is 0 Å². The van der Waals surface area contributed by atoms with Crippen molar-refractivity contribution in [3.63, 3.8) is 0 Å². The third kappa shape index (κ3) is 2.91. The van der Waals surface area contributed by atoms with Crippen molar-refractivity contribution in [1.82, 2.24) is 9.78 Å². The molecule has 0 saturated heterocycles. The maximum atomic E-state index is 6.75. The fourth-order valence-corrected chi connectivity index (χ4v) is 4.89. The lowest BCUT2D eigenvalue weighted by molar-refractivity contribution is 0.814. The van der Waals surface area contributed by atoms with Gasteiger partial charge in [-0.05, 0) is 66.6 Å². The summed E-state index contributed by atoms with van der Waals surface area (Å²) in [4.78, 5) is 7.34. The molecule has 0 saturated carbocycles. The molecule has 0 fully saturated rings. The Kier molecular flexibility index (Phi) is 4.46. The number of rotatable bonds is 2. The van der Waals surface area contributed by atoms with Gasteiger partial charge in [-0.25, -0.2) is 9.67 Å². The minimum atomic E-state index is -0.154. The van der Waals surface area contributed by atoms with Crippen LogP contribution in [0.15, 0.2) is 83.9 Å². The molecule has 156 valence electrons. The SMILES string of the molecule is Cc1nn(-c2ccc(Cl)cc2)c2c1[C@@H](c1ccccc1Cl)N1C(=N2)C=Cc2ccccc21. The Morgan fingerprint density at radius 1 is 0.844 bits per heavy atom. The molecule has 3 heterocycles. The van der Waals surface area contributed by atoms with Gasteiger partial charge in [-0.3, -0.25) is 0 Å². The predicted octanol–water partition coefficient (Wildman–Crippen LogP) is 7.15. The zero-order chi connectivity index (χ0) is 21.8. The van der Waals surface area contributed by atoms with Gasteiger partial charge in [-0.15, -0.1) is 0 Å². The predicted molar refractivity (Wildman–Crippen MR) is 132 cm³/mol. The quantitative estimate of drug-likeness (QED) is 0.320.